The van der Waals surface area contributed by atoms with E-state index in [4.69, 9.17) is 5.41 Å². The van der Waals surface area contributed by atoms with Crippen LogP contribution < -0.4 is 5.32 Å². The van der Waals surface area contributed by atoms with Gasteiger partial charge in [0.2, 0.25) is 0 Å². The summed E-state index contributed by atoms with van der Waals surface area (Å²) in [7, 11) is 0. The Kier molecular flexibility index (Phi) is 18.5. The molecular weight excluding hydrogens is 512 g/mol. The van der Waals surface area contributed by atoms with Crippen LogP contribution in [0, 0.1) is 23.2 Å². The van der Waals surface area contributed by atoms with Crippen molar-refractivity contribution in [3.05, 3.63) is 95.6 Å². The van der Waals surface area contributed by atoms with Gasteiger partial charge < -0.3 is 5.11 Å². The predicted molar refractivity (Wildman–Crippen MR) is 189 cm³/mol. The van der Waals surface area contributed by atoms with Crippen LogP contribution in [-0.4, -0.2) is 23.1 Å². The fourth-order valence-electron chi connectivity index (χ4n) is 5.89. The average molecular weight is 577 g/mol. The van der Waals surface area contributed by atoms with E-state index in [1.54, 1.807) is 6.08 Å². The minimum Gasteiger partial charge on any atom is -0.378 e. The third-order valence-corrected chi connectivity index (χ3v) is 7.31. The lowest BCUT2D eigenvalue weighted by Gasteiger charge is -2.45. The van der Waals surface area contributed by atoms with E-state index in [1.165, 1.54) is 44.1 Å². The van der Waals surface area contributed by atoms with Crippen LogP contribution in [-0.2, 0) is 6.42 Å². The highest BCUT2D eigenvalue weighted by Crippen LogP contribution is 2.45. The van der Waals surface area contributed by atoms with Gasteiger partial charge in [0.15, 0.2) is 0 Å². The van der Waals surface area contributed by atoms with Crippen LogP contribution in [0.3, 0.4) is 0 Å². The largest absolute Gasteiger partial charge is 0.378 e. The molecule has 3 nitrogen and oxygen atoms in total. The van der Waals surface area contributed by atoms with E-state index in [0.29, 0.717) is 18.2 Å². The van der Waals surface area contributed by atoms with E-state index in [1.807, 2.05) is 43.4 Å². The van der Waals surface area contributed by atoms with Crippen LogP contribution in [0.1, 0.15) is 124 Å². The molecule has 236 valence electrons. The Morgan fingerprint density at radius 3 is 2.12 bits per heavy atom. The Labute approximate surface area is 260 Å². The lowest BCUT2D eigenvalue weighted by Crippen LogP contribution is -2.48. The van der Waals surface area contributed by atoms with E-state index in [9.17, 15) is 5.11 Å². The summed E-state index contributed by atoms with van der Waals surface area (Å²) >= 11 is 0. The zero-order chi connectivity index (χ0) is 31.1. The van der Waals surface area contributed by atoms with Gasteiger partial charge in [-0.1, -0.05) is 147 Å². The molecule has 0 heterocycles. The van der Waals surface area contributed by atoms with Crippen molar-refractivity contribution in [2.24, 2.45) is 10.8 Å². The average Bonchev–Trinajstić information content (AvgIpc) is 3.72. The number of allylic oxidation sites excluding steroid dienone is 8. The molecule has 0 bridgehead atoms. The van der Waals surface area contributed by atoms with Crippen LogP contribution in [0.2, 0.25) is 0 Å². The Balaban J connectivity index is 0.00000118. The molecule has 0 aliphatic heterocycles. The Hall–Kier alpha value is -2.49. The Bertz CT molecular complexity index is 1050. The Morgan fingerprint density at radius 2 is 1.62 bits per heavy atom. The molecule has 0 saturated heterocycles. The highest BCUT2D eigenvalue weighted by Gasteiger charge is 2.38. The van der Waals surface area contributed by atoms with Crippen molar-refractivity contribution in [1.29, 1.82) is 5.41 Å². The van der Waals surface area contributed by atoms with Crippen molar-refractivity contribution >= 4 is 5.71 Å². The second-order valence-electron chi connectivity index (χ2n) is 13.6. The molecule has 3 rings (SSSR count). The molecule has 2 saturated carbocycles. The number of nitrogens with one attached hydrogen (secondary N) is 2. The normalized spacial score (nSPS) is 18.4. The SMILES string of the molecule is C.C1CC1.C=C/C=C(\C)CCC.C=C/C=C\C=C(/C)C(=N)c1ccc(C)cc1CC(O)NC1CC(C)(C)CC(C)(C)C1. The minimum atomic E-state index is -0.627. The second-order valence-corrected chi connectivity index (χ2v) is 13.6. The van der Waals surface area contributed by atoms with Crippen molar-refractivity contribution in [2.45, 2.75) is 133 Å². The molecule has 3 heteroatoms. The molecule has 42 heavy (non-hydrogen) atoms. The highest BCUT2D eigenvalue weighted by atomic mass is 16.3. The lowest BCUT2D eigenvalue weighted by atomic mass is 9.63. The molecule has 1 aromatic rings. The van der Waals surface area contributed by atoms with Crippen molar-refractivity contribution in [2.75, 3.05) is 0 Å². The third-order valence-electron chi connectivity index (χ3n) is 7.31. The maximum absolute atomic E-state index is 10.9. The Morgan fingerprint density at radius 1 is 1.02 bits per heavy atom. The van der Waals surface area contributed by atoms with Gasteiger partial charge in [-0.05, 0) is 68.4 Å². The minimum absolute atomic E-state index is 0. The maximum atomic E-state index is 10.9. The van der Waals surface area contributed by atoms with Gasteiger partial charge in [0.1, 0.15) is 6.23 Å². The molecule has 0 spiro atoms. The molecule has 0 amide bonds. The number of aryl methyl sites for hydroxylation is 1. The number of aliphatic hydroxyl groups excluding tert-OH is 1. The first-order valence-electron chi connectivity index (χ1n) is 15.6. The molecular formula is C39H64N2O. The van der Waals surface area contributed by atoms with E-state index >= 15 is 0 Å². The van der Waals surface area contributed by atoms with Crippen molar-refractivity contribution < 1.29 is 5.11 Å². The summed E-state index contributed by atoms with van der Waals surface area (Å²) in [5.74, 6) is 0. The summed E-state index contributed by atoms with van der Waals surface area (Å²) in [6, 6.07) is 6.43. The smallest absolute Gasteiger partial charge is 0.109 e. The molecule has 2 fully saturated rings. The van der Waals surface area contributed by atoms with Gasteiger partial charge in [0, 0.05) is 18.0 Å². The molecule has 1 aromatic carbocycles. The molecule has 0 aromatic heterocycles. The molecule has 1 unspecified atom stereocenters. The van der Waals surface area contributed by atoms with Gasteiger partial charge in [-0.2, -0.15) is 0 Å². The summed E-state index contributed by atoms with van der Waals surface area (Å²) in [4.78, 5) is 0. The third kappa shape index (κ3) is 16.8. The van der Waals surface area contributed by atoms with Crippen LogP contribution in [0.25, 0.3) is 0 Å². The van der Waals surface area contributed by atoms with Crippen LogP contribution >= 0.6 is 0 Å². The van der Waals surface area contributed by atoms with E-state index in [0.717, 1.165) is 35.1 Å². The van der Waals surface area contributed by atoms with Gasteiger partial charge in [-0.15, -0.1) is 0 Å². The number of hydrogen-bond acceptors (Lipinski definition) is 3. The van der Waals surface area contributed by atoms with Gasteiger partial charge >= 0.3 is 0 Å². The first kappa shape index (κ1) is 39.5. The number of hydrogen-bond donors (Lipinski definition) is 3. The van der Waals surface area contributed by atoms with Crippen molar-refractivity contribution in [1.82, 2.24) is 5.32 Å². The first-order chi connectivity index (χ1) is 19.2. The summed E-state index contributed by atoms with van der Waals surface area (Å²) < 4.78 is 0. The van der Waals surface area contributed by atoms with Crippen LogP contribution in [0.15, 0.2) is 79.0 Å². The summed E-state index contributed by atoms with van der Waals surface area (Å²) in [6.07, 6.45) is 21.4. The second kappa shape index (κ2) is 19.7. The monoisotopic (exact) mass is 577 g/mol. The lowest BCUT2D eigenvalue weighted by molar-refractivity contribution is 0.0456. The van der Waals surface area contributed by atoms with Crippen LogP contribution in [0.4, 0.5) is 0 Å². The standard InChI is InChI=1S/C27H40N2O.C8H14.C3H6.CH4/c1-8-9-10-11-20(3)25(28)23-13-12-19(2)14-21(23)15-24(30)29-22-16-26(4,5)18-27(6,7)17-22;1-4-6-8(3)7-5-2;1-2-3-1;/h8-14,22,24,28-30H,1,15-18H2,2-7H3;4,6H,1,5,7H2,2-3H3;1-3H2;1H4/b10-9-,20-11+,28-25?;8-6+;;. The van der Waals surface area contributed by atoms with E-state index in [-0.39, 0.29) is 18.3 Å². The van der Waals surface area contributed by atoms with E-state index in [2.05, 4.69) is 79.1 Å². The van der Waals surface area contributed by atoms with E-state index < -0.39 is 6.23 Å². The van der Waals surface area contributed by atoms with Gasteiger partial charge in [0.05, 0.1) is 5.71 Å². The fraction of sp³-hybridized carbons (Fsp3) is 0.564. The molecule has 1 atom stereocenters. The molecule has 2 aliphatic rings. The number of rotatable bonds is 11. The fourth-order valence-corrected chi connectivity index (χ4v) is 5.89. The van der Waals surface area contributed by atoms with Crippen molar-refractivity contribution in [3.8, 4) is 0 Å². The number of benzene rings is 1. The summed E-state index contributed by atoms with van der Waals surface area (Å²) in [6.45, 7) is 24.9. The van der Waals surface area contributed by atoms with Crippen LogP contribution in [0.5, 0.6) is 0 Å². The van der Waals surface area contributed by atoms with Gasteiger partial charge in [0.25, 0.3) is 0 Å². The summed E-state index contributed by atoms with van der Waals surface area (Å²) in [5.41, 5.74) is 6.38. The quantitative estimate of drug-likeness (QED) is 0.139. The topological polar surface area (TPSA) is 56.1 Å². The molecule has 0 radical (unpaired) electrons. The zero-order valence-electron chi connectivity index (χ0n) is 27.6. The zero-order valence-corrected chi connectivity index (χ0v) is 27.6. The maximum Gasteiger partial charge on any atom is 0.109 e. The highest BCUT2D eigenvalue weighted by molar-refractivity contribution is 6.11. The first-order valence-corrected chi connectivity index (χ1v) is 15.6. The number of aliphatic hydroxyl groups is 1. The molecule has 3 N–H and O–H groups in total. The van der Waals surface area contributed by atoms with Gasteiger partial charge in [-0.3, -0.25) is 10.7 Å². The van der Waals surface area contributed by atoms with Gasteiger partial charge in [-0.25, -0.2) is 0 Å². The molecule has 2 aliphatic carbocycles. The predicted octanol–water partition coefficient (Wildman–Crippen LogP) is 10.8. The summed E-state index contributed by atoms with van der Waals surface area (Å²) in [5, 5.41) is 23.0. The van der Waals surface area contributed by atoms with Crippen molar-refractivity contribution in [3.63, 3.8) is 0 Å².